The average molecular weight is 301 g/mol. The van der Waals surface area contributed by atoms with Crippen molar-refractivity contribution in [3.8, 4) is 0 Å². The van der Waals surface area contributed by atoms with Crippen molar-refractivity contribution in [2.45, 2.75) is 34.1 Å². The lowest BCUT2D eigenvalue weighted by atomic mass is 10.1. The summed E-state index contributed by atoms with van der Waals surface area (Å²) >= 11 is 0. The second kappa shape index (κ2) is 7.11. The van der Waals surface area contributed by atoms with Gasteiger partial charge in [0.2, 0.25) is 5.91 Å². The third kappa shape index (κ3) is 3.87. The van der Waals surface area contributed by atoms with Crippen molar-refractivity contribution in [3.63, 3.8) is 0 Å². The van der Waals surface area contributed by atoms with E-state index < -0.39 is 0 Å². The molecule has 0 unspecified atom stereocenters. The van der Waals surface area contributed by atoms with Crippen LogP contribution < -0.4 is 10.2 Å². The molecule has 0 atom stereocenters. The van der Waals surface area contributed by atoms with E-state index in [9.17, 15) is 4.79 Å². The van der Waals surface area contributed by atoms with Crippen molar-refractivity contribution in [2.75, 3.05) is 23.3 Å². The first-order valence-electron chi connectivity index (χ1n) is 7.61. The topological polar surface area (TPSA) is 58.4 Å². The van der Waals surface area contributed by atoms with E-state index in [-0.39, 0.29) is 12.3 Å². The first-order valence-corrected chi connectivity index (χ1v) is 7.61. The molecule has 1 heterocycles. The summed E-state index contributed by atoms with van der Waals surface area (Å²) in [6.07, 6.45) is 0.217. The fourth-order valence-corrected chi connectivity index (χ4v) is 2.43. The molecule has 1 amide bonds. The molecule has 0 aliphatic rings. The highest BCUT2D eigenvalue weighted by Crippen LogP contribution is 2.22. The number of aromatic nitrogens is 1. The fraction of sp³-hybridized carbons (Fsp3) is 0.412. The highest BCUT2D eigenvalue weighted by molar-refractivity contribution is 5.93. The zero-order valence-electron chi connectivity index (χ0n) is 13.6. The SMILES string of the molecule is CCN(CC)c1ccc(NC(=O)Cc2cc(C)on2)c(C)c1. The van der Waals surface area contributed by atoms with Gasteiger partial charge in [-0.15, -0.1) is 0 Å². The molecule has 0 aliphatic carbocycles. The fourth-order valence-electron chi connectivity index (χ4n) is 2.43. The van der Waals surface area contributed by atoms with E-state index in [1.807, 2.05) is 26.0 Å². The molecule has 1 aromatic carbocycles. The molecule has 0 bridgehead atoms. The molecule has 0 saturated carbocycles. The number of rotatable bonds is 6. The van der Waals surface area contributed by atoms with Crippen LogP contribution >= 0.6 is 0 Å². The summed E-state index contributed by atoms with van der Waals surface area (Å²) in [7, 11) is 0. The maximum absolute atomic E-state index is 12.1. The molecule has 0 fully saturated rings. The van der Waals surface area contributed by atoms with Crippen LogP contribution in [0.5, 0.6) is 0 Å². The smallest absolute Gasteiger partial charge is 0.230 e. The summed E-state index contributed by atoms with van der Waals surface area (Å²) in [5, 5.41) is 6.77. The third-order valence-electron chi connectivity index (χ3n) is 3.63. The zero-order chi connectivity index (χ0) is 16.1. The summed E-state index contributed by atoms with van der Waals surface area (Å²) in [6, 6.07) is 7.86. The van der Waals surface area contributed by atoms with Gasteiger partial charge in [-0.1, -0.05) is 5.16 Å². The van der Waals surface area contributed by atoms with Crippen LogP contribution in [0.3, 0.4) is 0 Å². The summed E-state index contributed by atoms with van der Waals surface area (Å²) in [6.45, 7) is 10.0. The molecular formula is C17H23N3O2. The molecule has 0 radical (unpaired) electrons. The van der Waals surface area contributed by atoms with E-state index in [4.69, 9.17) is 4.52 Å². The molecule has 5 heteroatoms. The predicted molar refractivity (Wildman–Crippen MR) is 88.3 cm³/mol. The lowest BCUT2D eigenvalue weighted by Crippen LogP contribution is -2.22. The number of hydrogen-bond donors (Lipinski definition) is 1. The van der Waals surface area contributed by atoms with E-state index in [1.54, 1.807) is 6.07 Å². The second-order valence-electron chi connectivity index (χ2n) is 5.33. The first kappa shape index (κ1) is 16.1. The van der Waals surface area contributed by atoms with E-state index >= 15 is 0 Å². The molecule has 22 heavy (non-hydrogen) atoms. The van der Waals surface area contributed by atoms with Crippen molar-refractivity contribution in [2.24, 2.45) is 0 Å². The Morgan fingerprint density at radius 2 is 1.95 bits per heavy atom. The van der Waals surface area contributed by atoms with Crippen molar-refractivity contribution in [1.82, 2.24) is 5.16 Å². The third-order valence-corrected chi connectivity index (χ3v) is 3.63. The van der Waals surface area contributed by atoms with Crippen molar-refractivity contribution < 1.29 is 9.32 Å². The van der Waals surface area contributed by atoms with Gasteiger partial charge in [0.05, 0.1) is 12.1 Å². The molecule has 0 spiro atoms. The van der Waals surface area contributed by atoms with Gasteiger partial charge in [0, 0.05) is 30.5 Å². The maximum atomic E-state index is 12.1. The number of hydrogen-bond acceptors (Lipinski definition) is 4. The Labute approximate surface area is 131 Å². The maximum Gasteiger partial charge on any atom is 0.230 e. The van der Waals surface area contributed by atoms with E-state index in [0.717, 1.165) is 24.3 Å². The van der Waals surface area contributed by atoms with Gasteiger partial charge in [0.15, 0.2) is 0 Å². The van der Waals surface area contributed by atoms with Gasteiger partial charge in [-0.3, -0.25) is 4.79 Å². The number of aryl methyl sites for hydroxylation is 2. The van der Waals surface area contributed by atoms with Gasteiger partial charge in [0.25, 0.3) is 0 Å². The largest absolute Gasteiger partial charge is 0.372 e. The van der Waals surface area contributed by atoms with Gasteiger partial charge in [-0.05, 0) is 51.5 Å². The minimum absolute atomic E-state index is 0.0908. The lowest BCUT2D eigenvalue weighted by molar-refractivity contribution is -0.115. The Hall–Kier alpha value is -2.30. The standard InChI is InChI=1S/C17H23N3O2/c1-5-20(6-2)15-7-8-16(12(3)9-15)18-17(21)11-14-10-13(4)22-19-14/h7-10H,5-6,11H2,1-4H3,(H,18,21). The minimum Gasteiger partial charge on any atom is -0.372 e. The highest BCUT2D eigenvalue weighted by Gasteiger charge is 2.10. The number of nitrogens with zero attached hydrogens (tertiary/aromatic N) is 2. The van der Waals surface area contributed by atoms with Gasteiger partial charge in [0.1, 0.15) is 5.76 Å². The number of anilines is 2. The Morgan fingerprint density at radius 1 is 1.23 bits per heavy atom. The molecule has 2 rings (SSSR count). The van der Waals surface area contributed by atoms with Gasteiger partial charge in [-0.2, -0.15) is 0 Å². The molecule has 2 aromatic rings. The highest BCUT2D eigenvalue weighted by atomic mass is 16.5. The summed E-state index contributed by atoms with van der Waals surface area (Å²) in [5.41, 5.74) is 3.70. The molecule has 5 nitrogen and oxygen atoms in total. The zero-order valence-corrected chi connectivity index (χ0v) is 13.6. The van der Waals surface area contributed by atoms with Crippen LogP contribution in [0.25, 0.3) is 0 Å². The molecule has 118 valence electrons. The first-order chi connectivity index (χ1) is 10.5. The van der Waals surface area contributed by atoms with Crippen LogP contribution in [0, 0.1) is 13.8 Å². The average Bonchev–Trinajstić information content (AvgIpc) is 2.88. The molecule has 1 N–H and O–H groups in total. The molecule has 1 aromatic heterocycles. The number of nitrogens with one attached hydrogen (secondary N) is 1. The van der Waals surface area contributed by atoms with Crippen LogP contribution in [-0.4, -0.2) is 24.2 Å². The Balaban J connectivity index is 2.05. The molecule has 0 saturated heterocycles. The molecule has 0 aliphatic heterocycles. The Morgan fingerprint density at radius 3 is 2.50 bits per heavy atom. The summed E-state index contributed by atoms with van der Waals surface area (Å²) < 4.78 is 4.97. The van der Waals surface area contributed by atoms with Crippen molar-refractivity contribution >= 4 is 17.3 Å². The summed E-state index contributed by atoms with van der Waals surface area (Å²) in [4.78, 5) is 14.3. The van der Waals surface area contributed by atoms with Gasteiger partial charge >= 0.3 is 0 Å². The van der Waals surface area contributed by atoms with E-state index in [1.165, 1.54) is 5.69 Å². The second-order valence-corrected chi connectivity index (χ2v) is 5.33. The quantitative estimate of drug-likeness (QED) is 0.889. The minimum atomic E-state index is -0.0908. The van der Waals surface area contributed by atoms with Crippen LogP contribution in [0.2, 0.25) is 0 Å². The van der Waals surface area contributed by atoms with Crippen LogP contribution in [0.1, 0.15) is 30.9 Å². The van der Waals surface area contributed by atoms with Gasteiger partial charge in [-0.25, -0.2) is 0 Å². The summed E-state index contributed by atoms with van der Waals surface area (Å²) in [5.74, 6) is 0.620. The van der Waals surface area contributed by atoms with Gasteiger partial charge < -0.3 is 14.7 Å². The van der Waals surface area contributed by atoms with Crippen LogP contribution in [0.15, 0.2) is 28.8 Å². The normalized spacial score (nSPS) is 10.5. The van der Waals surface area contributed by atoms with Crippen LogP contribution in [-0.2, 0) is 11.2 Å². The predicted octanol–water partition coefficient (Wildman–Crippen LogP) is 3.32. The Bertz CT molecular complexity index is 645. The van der Waals surface area contributed by atoms with Crippen molar-refractivity contribution in [3.05, 3.63) is 41.3 Å². The molecular weight excluding hydrogens is 278 g/mol. The van der Waals surface area contributed by atoms with E-state index in [2.05, 4.69) is 35.3 Å². The Kier molecular flexibility index (Phi) is 5.20. The van der Waals surface area contributed by atoms with Crippen LogP contribution in [0.4, 0.5) is 11.4 Å². The monoisotopic (exact) mass is 301 g/mol. The number of carbonyl (C=O) groups excluding carboxylic acids is 1. The number of benzene rings is 1. The number of amides is 1. The number of carbonyl (C=O) groups is 1. The lowest BCUT2D eigenvalue weighted by Gasteiger charge is -2.22. The van der Waals surface area contributed by atoms with E-state index in [0.29, 0.717) is 11.5 Å². The van der Waals surface area contributed by atoms with Crippen molar-refractivity contribution in [1.29, 1.82) is 0 Å².